The molecule has 0 aliphatic heterocycles. The van der Waals surface area contributed by atoms with Crippen molar-refractivity contribution in [3.63, 3.8) is 0 Å². The average molecular weight is 318 g/mol. The molecule has 0 amide bonds. The minimum atomic E-state index is -0.627. The van der Waals surface area contributed by atoms with E-state index in [4.69, 9.17) is 11.6 Å². The number of benzene rings is 1. The Morgan fingerprint density at radius 1 is 1.31 bits per heavy atom. The van der Waals surface area contributed by atoms with Gasteiger partial charge in [-0.3, -0.25) is 0 Å². The molecule has 0 spiro atoms. The van der Waals surface area contributed by atoms with Gasteiger partial charge in [-0.05, 0) is 51.5 Å². The van der Waals surface area contributed by atoms with E-state index in [1.165, 1.54) is 0 Å². The summed E-state index contributed by atoms with van der Waals surface area (Å²) in [5, 5.41) is 14.8. The van der Waals surface area contributed by atoms with Gasteiger partial charge in [-0.25, -0.2) is 0 Å². The number of aryl methyl sites for hydroxylation is 1. The molecule has 0 saturated carbocycles. The van der Waals surface area contributed by atoms with Gasteiger partial charge in [-0.15, -0.1) is 0 Å². The summed E-state index contributed by atoms with van der Waals surface area (Å²) >= 11 is 11.0. The van der Waals surface area contributed by atoms with E-state index in [2.05, 4.69) is 15.9 Å². The van der Waals surface area contributed by atoms with Crippen LogP contribution in [0.25, 0.3) is 0 Å². The molecule has 1 heterocycles. The Hall–Kier alpha value is -0.350. The summed E-state index contributed by atoms with van der Waals surface area (Å²) < 4.78 is 0.933. The van der Waals surface area contributed by atoms with Crippen LogP contribution in [0.4, 0.5) is 0 Å². The maximum Gasteiger partial charge on any atom is 0.106 e. The van der Waals surface area contributed by atoms with Crippen LogP contribution in [0.1, 0.15) is 22.8 Å². The highest BCUT2D eigenvalue weighted by molar-refractivity contribution is 9.10. The lowest BCUT2D eigenvalue weighted by atomic mass is 10.0. The van der Waals surface area contributed by atoms with Crippen molar-refractivity contribution in [2.24, 2.45) is 0 Å². The first-order chi connectivity index (χ1) is 7.58. The fourth-order valence-electron chi connectivity index (χ4n) is 1.59. The first-order valence-corrected chi connectivity index (χ1v) is 6.86. The highest BCUT2D eigenvalue weighted by atomic mass is 79.9. The first-order valence-electron chi connectivity index (χ1n) is 4.74. The zero-order valence-corrected chi connectivity index (χ0v) is 11.7. The predicted octanol–water partition coefficient (Wildman–Crippen LogP) is 4.55. The maximum absolute atomic E-state index is 10.2. The van der Waals surface area contributed by atoms with Gasteiger partial charge < -0.3 is 5.11 Å². The summed E-state index contributed by atoms with van der Waals surface area (Å²) in [5.74, 6) is 0. The van der Waals surface area contributed by atoms with E-state index in [1.54, 1.807) is 17.4 Å². The van der Waals surface area contributed by atoms with Crippen LogP contribution >= 0.6 is 38.9 Å². The molecule has 1 atom stereocenters. The normalized spacial score (nSPS) is 12.8. The molecule has 1 unspecified atom stereocenters. The van der Waals surface area contributed by atoms with Crippen LogP contribution in [0.15, 0.2) is 33.4 Å². The van der Waals surface area contributed by atoms with Crippen LogP contribution in [-0.4, -0.2) is 5.11 Å². The molecule has 0 bridgehead atoms. The summed E-state index contributed by atoms with van der Waals surface area (Å²) in [4.78, 5) is 0. The molecule has 84 valence electrons. The monoisotopic (exact) mass is 316 g/mol. The molecule has 1 aromatic carbocycles. The van der Waals surface area contributed by atoms with Crippen LogP contribution in [0, 0.1) is 6.92 Å². The van der Waals surface area contributed by atoms with E-state index in [0.717, 1.165) is 21.2 Å². The lowest BCUT2D eigenvalue weighted by Crippen LogP contribution is -1.99. The zero-order valence-electron chi connectivity index (χ0n) is 8.58. The Morgan fingerprint density at radius 2 is 2.06 bits per heavy atom. The Bertz CT molecular complexity index is 489. The van der Waals surface area contributed by atoms with E-state index in [-0.39, 0.29) is 0 Å². The molecule has 0 saturated heterocycles. The molecule has 0 radical (unpaired) electrons. The van der Waals surface area contributed by atoms with E-state index in [1.807, 2.05) is 29.8 Å². The highest BCUT2D eigenvalue weighted by Gasteiger charge is 2.15. The van der Waals surface area contributed by atoms with Crippen molar-refractivity contribution in [2.45, 2.75) is 13.0 Å². The molecular formula is C12H10BrClOS. The third-order valence-electron chi connectivity index (χ3n) is 2.32. The molecule has 1 nitrogen and oxygen atoms in total. The molecule has 0 aliphatic carbocycles. The Kier molecular flexibility index (Phi) is 3.70. The summed E-state index contributed by atoms with van der Waals surface area (Å²) in [6, 6.07) is 5.62. The summed E-state index contributed by atoms with van der Waals surface area (Å²) in [6.45, 7) is 1.96. The molecule has 16 heavy (non-hydrogen) atoms. The van der Waals surface area contributed by atoms with Crippen molar-refractivity contribution in [1.82, 2.24) is 0 Å². The second-order valence-electron chi connectivity index (χ2n) is 3.64. The minimum Gasteiger partial charge on any atom is -0.384 e. The number of hydrogen-bond donors (Lipinski definition) is 1. The Balaban J connectivity index is 2.41. The number of aliphatic hydroxyl groups is 1. The lowest BCUT2D eigenvalue weighted by Gasteiger charge is -2.11. The molecule has 2 rings (SSSR count). The number of hydrogen-bond acceptors (Lipinski definition) is 2. The number of rotatable bonds is 2. The number of halogens is 2. The molecule has 0 fully saturated rings. The minimum absolute atomic E-state index is 0.627. The van der Waals surface area contributed by atoms with Crippen LogP contribution in [-0.2, 0) is 0 Å². The van der Waals surface area contributed by atoms with E-state index in [0.29, 0.717) is 5.02 Å². The molecule has 0 aliphatic rings. The van der Waals surface area contributed by atoms with Crippen molar-refractivity contribution in [2.75, 3.05) is 0 Å². The van der Waals surface area contributed by atoms with Gasteiger partial charge in [0.05, 0.1) is 0 Å². The molecule has 1 aromatic heterocycles. The summed E-state index contributed by atoms with van der Waals surface area (Å²) in [6.07, 6.45) is -0.627. The highest BCUT2D eigenvalue weighted by Crippen LogP contribution is 2.32. The van der Waals surface area contributed by atoms with Crippen molar-refractivity contribution >= 4 is 38.9 Å². The molecule has 2 aromatic rings. The summed E-state index contributed by atoms with van der Waals surface area (Å²) in [5.41, 5.74) is 2.75. The van der Waals surface area contributed by atoms with Crippen LogP contribution in [0.3, 0.4) is 0 Å². The average Bonchev–Trinajstić information content (AvgIpc) is 2.62. The van der Waals surface area contributed by atoms with Crippen LogP contribution in [0.5, 0.6) is 0 Å². The van der Waals surface area contributed by atoms with Gasteiger partial charge in [0.15, 0.2) is 0 Å². The quantitative estimate of drug-likeness (QED) is 0.861. The Morgan fingerprint density at radius 3 is 2.62 bits per heavy atom. The molecular weight excluding hydrogens is 308 g/mol. The van der Waals surface area contributed by atoms with Crippen molar-refractivity contribution in [3.8, 4) is 0 Å². The second kappa shape index (κ2) is 4.88. The van der Waals surface area contributed by atoms with E-state index in [9.17, 15) is 5.11 Å². The van der Waals surface area contributed by atoms with Gasteiger partial charge in [0.1, 0.15) is 6.10 Å². The van der Waals surface area contributed by atoms with Gasteiger partial charge in [0.2, 0.25) is 0 Å². The van der Waals surface area contributed by atoms with E-state index >= 15 is 0 Å². The standard InChI is InChI=1S/C12H10BrClOS/c1-7-2-8(4-9(14)3-7)12(15)10-5-16-6-11(10)13/h2-6,12,15H,1H3. The van der Waals surface area contributed by atoms with Crippen molar-refractivity contribution < 1.29 is 5.11 Å². The van der Waals surface area contributed by atoms with Crippen LogP contribution in [0.2, 0.25) is 5.02 Å². The zero-order chi connectivity index (χ0) is 11.7. The van der Waals surface area contributed by atoms with Gasteiger partial charge in [0.25, 0.3) is 0 Å². The largest absolute Gasteiger partial charge is 0.384 e. The third-order valence-corrected chi connectivity index (χ3v) is 4.29. The van der Waals surface area contributed by atoms with Crippen molar-refractivity contribution in [1.29, 1.82) is 0 Å². The molecule has 4 heteroatoms. The van der Waals surface area contributed by atoms with E-state index < -0.39 is 6.10 Å². The fraction of sp³-hybridized carbons (Fsp3) is 0.167. The molecule has 1 N–H and O–H groups in total. The van der Waals surface area contributed by atoms with Gasteiger partial charge >= 0.3 is 0 Å². The summed E-state index contributed by atoms with van der Waals surface area (Å²) in [7, 11) is 0. The van der Waals surface area contributed by atoms with Gasteiger partial charge in [-0.2, -0.15) is 11.3 Å². The van der Waals surface area contributed by atoms with Crippen LogP contribution < -0.4 is 0 Å². The second-order valence-corrected chi connectivity index (χ2v) is 5.67. The SMILES string of the molecule is Cc1cc(Cl)cc(C(O)c2cscc2Br)c1. The fourth-order valence-corrected chi connectivity index (χ4v) is 3.42. The number of aliphatic hydroxyl groups excluding tert-OH is 1. The Labute approximate surface area is 112 Å². The smallest absolute Gasteiger partial charge is 0.106 e. The maximum atomic E-state index is 10.2. The number of thiophene rings is 1. The lowest BCUT2D eigenvalue weighted by molar-refractivity contribution is 0.220. The predicted molar refractivity (Wildman–Crippen MR) is 72.3 cm³/mol. The van der Waals surface area contributed by atoms with Gasteiger partial charge in [-0.1, -0.05) is 17.7 Å². The first kappa shape index (κ1) is 12.1. The van der Waals surface area contributed by atoms with Gasteiger partial charge in [0, 0.05) is 20.4 Å². The topological polar surface area (TPSA) is 20.2 Å². The van der Waals surface area contributed by atoms with Crippen molar-refractivity contribution in [3.05, 3.63) is 55.1 Å². The third kappa shape index (κ3) is 2.48.